The van der Waals surface area contributed by atoms with Gasteiger partial charge in [-0.3, -0.25) is 4.79 Å². The molecule has 1 heterocycles. The molecule has 0 unspecified atom stereocenters. The predicted octanol–water partition coefficient (Wildman–Crippen LogP) is 4.30. The molecule has 0 aliphatic carbocycles. The molecule has 3 rings (SSSR count). The molecule has 1 amide bonds. The Kier molecular flexibility index (Phi) is 4.11. The molecule has 0 atom stereocenters. The summed E-state index contributed by atoms with van der Waals surface area (Å²) in [6.07, 6.45) is 1.38. The van der Waals surface area contributed by atoms with E-state index in [4.69, 9.17) is 0 Å². The van der Waals surface area contributed by atoms with E-state index in [1.807, 2.05) is 0 Å². The summed E-state index contributed by atoms with van der Waals surface area (Å²) in [6, 6.07) is 7.15. The van der Waals surface area contributed by atoms with Crippen LogP contribution in [0.15, 0.2) is 42.6 Å². The van der Waals surface area contributed by atoms with Crippen LogP contribution in [-0.4, -0.2) is 17.5 Å². The number of alkyl halides is 2. The van der Waals surface area contributed by atoms with Crippen molar-refractivity contribution in [1.82, 2.24) is 4.98 Å². The van der Waals surface area contributed by atoms with Crippen molar-refractivity contribution in [3.63, 3.8) is 0 Å². The molecular weight excluding hydrogens is 328 g/mol. The van der Waals surface area contributed by atoms with Gasteiger partial charge in [0.05, 0.1) is 11.2 Å². The van der Waals surface area contributed by atoms with Crippen molar-refractivity contribution in [2.24, 2.45) is 0 Å². The Bertz CT molecular complexity index is 908. The minimum absolute atomic E-state index is 0.0742. The summed E-state index contributed by atoms with van der Waals surface area (Å²) in [5.74, 6) is -2.84. The molecule has 3 aromatic rings. The highest BCUT2D eigenvalue weighted by molar-refractivity contribution is 6.09. The third-order valence-corrected chi connectivity index (χ3v) is 3.29. The lowest BCUT2D eigenvalue weighted by molar-refractivity contribution is -0.0498. The quantitative estimate of drug-likeness (QED) is 0.697. The molecule has 4 nitrogen and oxygen atoms in total. The second-order valence-electron chi connectivity index (χ2n) is 4.87. The zero-order valence-electron chi connectivity index (χ0n) is 11.9. The van der Waals surface area contributed by atoms with E-state index in [0.717, 1.165) is 18.2 Å². The molecule has 2 aromatic carbocycles. The van der Waals surface area contributed by atoms with Crippen LogP contribution in [0.2, 0.25) is 0 Å². The number of rotatable bonds is 4. The van der Waals surface area contributed by atoms with Crippen LogP contribution >= 0.6 is 0 Å². The van der Waals surface area contributed by atoms with Gasteiger partial charge in [-0.15, -0.1) is 0 Å². The average molecular weight is 338 g/mol. The Morgan fingerprint density at radius 3 is 2.62 bits per heavy atom. The molecule has 0 saturated carbocycles. The van der Waals surface area contributed by atoms with Crippen molar-refractivity contribution >= 4 is 22.5 Å². The first-order valence-corrected chi connectivity index (χ1v) is 6.76. The van der Waals surface area contributed by atoms with E-state index in [-0.39, 0.29) is 22.4 Å². The van der Waals surface area contributed by atoms with Gasteiger partial charge in [0.2, 0.25) is 0 Å². The Morgan fingerprint density at radius 2 is 1.88 bits per heavy atom. The lowest BCUT2D eigenvalue weighted by atomic mass is 10.2. The third kappa shape index (κ3) is 3.17. The summed E-state index contributed by atoms with van der Waals surface area (Å²) >= 11 is 0. The number of aromatic amines is 1. The zero-order chi connectivity index (χ0) is 17.3. The molecule has 2 N–H and O–H groups in total. The maximum absolute atomic E-state index is 13.4. The van der Waals surface area contributed by atoms with Gasteiger partial charge < -0.3 is 15.0 Å². The maximum Gasteiger partial charge on any atom is 0.387 e. The molecule has 0 bridgehead atoms. The van der Waals surface area contributed by atoms with Crippen LogP contribution in [0.4, 0.5) is 23.2 Å². The number of nitrogens with one attached hydrogen (secondary N) is 2. The molecule has 0 spiro atoms. The van der Waals surface area contributed by atoms with Gasteiger partial charge in [0.15, 0.2) is 11.6 Å². The number of hydrogen-bond acceptors (Lipinski definition) is 2. The fourth-order valence-electron chi connectivity index (χ4n) is 2.23. The number of carbonyl (C=O) groups excluding carboxylic acids is 1. The van der Waals surface area contributed by atoms with Gasteiger partial charge in [-0.2, -0.15) is 8.78 Å². The van der Waals surface area contributed by atoms with Crippen molar-refractivity contribution in [1.29, 1.82) is 0 Å². The smallest absolute Gasteiger partial charge is 0.387 e. The number of hydrogen-bond donors (Lipinski definition) is 2. The molecule has 0 fully saturated rings. The minimum Gasteiger partial charge on any atom is -0.435 e. The van der Waals surface area contributed by atoms with E-state index in [2.05, 4.69) is 15.0 Å². The third-order valence-electron chi connectivity index (χ3n) is 3.29. The number of halogens is 4. The summed E-state index contributed by atoms with van der Waals surface area (Å²) in [5, 5.41) is 2.79. The van der Waals surface area contributed by atoms with Gasteiger partial charge in [0.25, 0.3) is 5.91 Å². The van der Waals surface area contributed by atoms with Gasteiger partial charge in [-0.05, 0) is 24.3 Å². The zero-order valence-corrected chi connectivity index (χ0v) is 11.9. The first-order chi connectivity index (χ1) is 11.4. The van der Waals surface area contributed by atoms with Crippen LogP contribution in [-0.2, 0) is 0 Å². The monoisotopic (exact) mass is 338 g/mol. The van der Waals surface area contributed by atoms with Gasteiger partial charge >= 0.3 is 6.61 Å². The fraction of sp³-hybridized carbons (Fsp3) is 0.0625. The van der Waals surface area contributed by atoms with Crippen molar-refractivity contribution in [3.05, 3.63) is 59.8 Å². The molecule has 0 aliphatic heterocycles. The van der Waals surface area contributed by atoms with E-state index < -0.39 is 24.2 Å². The minimum atomic E-state index is -3.00. The topological polar surface area (TPSA) is 54.1 Å². The average Bonchev–Trinajstić information content (AvgIpc) is 2.89. The molecule has 1 aromatic heterocycles. The molecule has 124 valence electrons. The number of aromatic nitrogens is 1. The standard InChI is InChI=1S/C16H10F4N2O2/c17-11-5-10-13(6-12(11)18)21-7-14(10)22-15(23)8-2-1-3-9(4-8)24-16(19)20/h1-7,16,21H,(H,22,23). The van der Waals surface area contributed by atoms with Crippen LogP contribution in [0, 0.1) is 11.6 Å². The van der Waals surface area contributed by atoms with E-state index >= 15 is 0 Å². The number of anilines is 1. The largest absolute Gasteiger partial charge is 0.435 e. The van der Waals surface area contributed by atoms with Gasteiger partial charge in [-0.25, -0.2) is 8.78 Å². The summed E-state index contributed by atoms with van der Waals surface area (Å²) < 4.78 is 55.2. The van der Waals surface area contributed by atoms with Gasteiger partial charge in [-0.1, -0.05) is 6.07 Å². The van der Waals surface area contributed by atoms with Crippen molar-refractivity contribution in [2.75, 3.05) is 5.32 Å². The highest BCUT2D eigenvalue weighted by Crippen LogP contribution is 2.26. The number of fused-ring (bicyclic) bond motifs is 1. The highest BCUT2D eigenvalue weighted by Gasteiger charge is 2.14. The number of ether oxygens (including phenoxy) is 1. The Labute approximate surface area is 133 Å². The maximum atomic E-state index is 13.4. The highest BCUT2D eigenvalue weighted by atomic mass is 19.3. The van der Waals surface area contributed by atoms with Crippen molar-refractivity contribution < 1.29 is 27.1 Å². The number of carbonyl (C=O) groups is 1. The summed E-state index contributed by atoms with van der Waals surface area (Å²) in [4.78, 5) is 14.9. The second kappa shape index (κ2) is 6.23. The molecule has 24 heavy (non-hydrogen) atoms. The SMILES string of the molecule is O=C(Nc1c[nH]c2cc(F)c(F)cc12)c1cccc(OC(F)F)c1. The van der Waals surface area contributed by atoms with Crippen LogP contribution in [0.25, 0.3) is 10.9 Å². The van der Waals surface area contributed by atoms with E-state index in [0.29, 0.717) is 5.52 Å². The summed E-state index contributed by atoms with van der Waals surface area (Å²) in [6.45, 7) is -3.00. The van der Waals surface area contributed by atoms with E-state index in [9.17, 15) is 22.4 Å². The molecule has 0 saturated heterocycles. The number of amides is 1. The molecule has 8 heteroatoms. The first kappa shape index (κ1) is 15.9. The second-order valence-corrected chi connectivity index (χ2v) is 4.87. The predicted molar refractivity (Wildman–Crippen MR) is 79.2 cm³/mol. The number of benzene rings is 2. The van der Waals surface area contributed by atoms with Crippen LogP contribution in [0.5, 0.6) is 5.75 Å². The van der Waals surface area contributed by atoms with E-state index in [1.165, 1.54) is 24.4 Å². The lowest BCUT2D eigenvalue weighted by Crippen LogP contribution is -2.12. The van der Waals surface area contributed by atoms with Gasteiger partial charge in [0.1, 0.15) is 5.75 Å². The fourth-order valence-corrected chi connectivity index (χ4v) is 2.23. The van der Waals surface area contributed by atoms with E-state index in [1.54, 1.807) is 0 Å². The molecular formula is C16H10F4N2O2. The normalized spacial score (nSPS) is 11.0. The van der Waals surface area contributed by atoms with Crippen molar-refractivity contribution in [3.8, 4) is 5.75 Å². The molecule has 0 aliphatic rings. The molecule has 0 radical (unpaired) electrons. The summed E-state index contributed by atoms with van der Waals surface area (Å²) in [5.41, 5.74) is 0.609. The van der Waals surface area contributed by atoms with Crippen LogP contribution < -0.4 is 10.1 Å². The Hall–Kier alpha value is -3.03. The Morgan fingerprint density at radius 1 is 1.12 bits per heavy atom. The number of H-pyrrole nitrogens is 1. The van der Waals surface area contributed by atoms with Crippen molar-refractivity contribution in [2.45, 2.75) is 6.61 Å². The Balaban J connectivity index is 1.86. The summed E-state index contributed by atoms with van der Waals surface area (Å²) in [7, 11) is 0. The van der Waals surface area contributed by atoms with Crippen LogP contribution in [0.1, 0.15) is 10.4 Å². The van der Waals surface area contributed by atoms with Crippen LogP contribution in [0.3, 0.4) is 0 Å². The first-order valence-electron chi connectivity index (χ1n) is 6.76. The van der Waals surface area contributed by atoms with Gasteiger partial charge in [0, 0.05) is 23.2 Å². The lowest BCUT2D eigenvalue weighted by Gasteiger charge is -2.07.